The highest BCUT2D eigenvalue weighted by Gasteiger charge is 2.25. The van der Waals surface area contributed by atoms with E-state index in [1.165, 1.54) is 19.2 Å². The number of rotatable bonds is 9. The molecule has 0 amide bonds. The third-order valence-electron chi connectivity index (χ3n) is 5.01. The van der Waals surface area contributed by atoms with Crippen molar-refractivity contribution in [2.24, 2.45) is 5.92 Å². The molecule has 2 aromatic heterocycles. The third-order valence-corrected chi connectivity index (χ3v) is 5.01. The summed E-state index contributed by atoms with van der Waals surface area (Å²) in [5, 5.41) is 0. The lowest BCUT2D eigenvalue weighted by atomic mass is 10.1. The molecule has 0 atom stereocenters. The molecule has 1 aliphatic rings. The molecule has 1 aromatic carbocycles. The molecule has 28 heavy (non-hydrogen) atoms. The largest absolute Gasteiger partial charge is 0.356 e. The van der Waals surface area contributed by atoms with E-state index in [1.807, 2.05) is 41.1 Å². The maximum absolute atomic E-state index is 12.9. The lowest BCUT2D eigenvalue weighted by Crippen LogP contribution is -2.27. The highest BCUT2D eigenvalue weighted by Crippen LogP contribution is 2.31. The molecule has 0 spiro atoms. The molecule has 144 valence electrons. The molecule has 2 heterocycles. The Kier molecular flexibility index (Phi) is 5.46. The molecular formula is C22H25N5O. The Bertz CT molecular complexity index is 934. The molecule has 0 saturated heterocycles. The highest BCUT2D eigenvalue weighted by molar-refractivity contribution is 5.96. The number of anilines is 1. The second-order valence-corrected chi connectivity index (χ2v) is 7.39. The van der Waals surface area contributed by atoms with Crippen LogP contribution in [0.1, 0.15) is 42.2 Å². The van der Waals surface area contributed by atoms with E-state index in [-0.39, 0.29) is 5.78 Å². The molecule has 0 unspecified atom stereocenters. The first kappa shape index (κ1) is 18.3. The quantitative estimate of drug-likeness (QED) is 0.534. The van der Waals surface area contributed by atoms with E-state index in [0.29, 0.717) is 12.1 Å². The van der Waals surface area contributed by atoms with Gasteiger partial charge in [0, 0.05) is 43.7 Å². The molecule has 1 saturated carbocycles. The van der Waals surface area contributed by atoms with Gasteiger partial charge in [-0.1, -0.05) is 19.1 Å². The number of ketones is 1. The van der Waals surface area contributed by atoms with Crippen LogP contribution >= 0.6 is 0 Å². The molecule has 0 radical (unpaired) electrons. The Hall–Kier alpha value is -3.02. The smallest absolute Gasteiger partial charge is 0.185 e. The van der Waals surface area contributed by atoms with Crippen molar-refractivity contribution in [3.8, 4) is 5.69 Å². The van der Waals surface area contributed by atoms with Gasteiger partial charge in [0.25, 0.3) is 0 Å². The summed E-state index contributed by atoms with van der Waals surface area (Å²) < 4.78 is 1.93. The molecule has 1 aliphatic carbocycles. The molecule has 1 fully saturated rings. The number of imidazole rings is 1. The summed E-state index contributed by atoms with van der Waals surface area (Å²) >= 11 is 0. The van der Waals surface area contributed by atoms with Gasteiger partial charge in [-0.3, -0.25) is 4.79 Å². The van der Waals surface area contributed by atoms with Gasteiger partial charge in [-0.05, 0) is 42.9 Å². The zero-order valence-corrected chi connectivity index (χ0v) is 16.2. The molecule has 3 aromatic rings. The summed E-state index contributed by atoms with van der Waals surface area (Å²) in [6, 6.07) is 9.79. The second-order valence-electron chi connectivity index (χ2n) is 7.39. The maximum atomic E-state index is 12.9. The van der Waals surface area contributed by atoms with E-state index < -0.39 is 0 Å². The van der Waals surface area contributed by atoms with Crippen LogP contribution < -0.4 is 4.90 Å². The summed E-state index contributed by atoms with van der Waals surface area (Å²) in [5.41, 5.74) is 2.43. The van der Waals surface area contributed by atoms with E-state index in [9.17, 15) is 4.79 Å². The first-order chi connectivity index (χ1) is 13.7. The van der Waals surface area contributed by atoms with Crippen molar-refractivity contribution < 1.29 is 4.79 Å². The Morgan fingerprint density at radius 1 is 1.25 bits per heavy atom. The number of Topliss-reactive ketones (excluding diaryl/α,β-unsaturated/α-hetero) is 1. The number of nitrogens with zero attached hydrogens (tertiary/aromatic N) is 5. The fourth-order valence-corrected chi connectivity index (χ4v) is 3.37. The van der Waals surface area contributed by atoms with Crippen molar-refractivity contribution in [1.82, 2.24) is 19.5 Å². The minimum atomic E-state index is 0.00861. The average Bonchev–Trinajstić information content (AvgIpc) is 3.37. The first-order valence-corrected chi connectivity index (χ1v) is 9.90. The Morgan fingerprint density at radius 2 is 2.14 bits per heavy atom. The molecule has 6 nitrogen and oxygen atoms in total. The SMILES string of the molecule is CCCN(CC1CC1)c1cc(C(=O)Cc2cccc(-n3ccnc3)c2)ncn1. The van der Waals surface area contributed by atoms with Crippen LogP contribution in [0.3, 0.4) is 0 Å². The zero-order chi connectivity index (χ0) is 19.3. The molecular weight excluding hydrogens is 350 g/mol. The van der Waals surface area contributed by atoms with Gasteiger partial charge in [-0.2, -0.15) is 0 Å². The summed E-state index contributed by atoms with van der Waals surface area (Å²) in [4.78, 5) is 27.9. The molecule has 6 heteroatoms. The zero-order valence-electron chi connectivity index (χ0n) is 16.2. The van der Waals surface area contributed by atoms with E-state index >= 15 is 0 Å². The predicted octanol–water partition coefficient (Wildman–Crippen LogP) is 3.71. The first-order valence-electron chi connectivity index (χ1n) is 9.90. The van der Waals surface area contributed by atoms with E-state index in [0.717, 1.165) is 42.5 Å². The molecule has 0 bridgehead atoms. The fourth-order valence-electron chi connectivity index (χ4n) is 3.37. The van der Waals surface area contributed by atoms with Gasteiger partial charge < -0.3 is 9.47 Å². The summed E-state index contributed by atoms with van der Waals surface area (Å²) in [6.07, 6.45) is 10.9. The normalized spacial score (nSPS) is 13.5. The van der Waals surface area contributed by atoms with Crippen LogP contribution in [0.25, 0.3) is 5.69 Å². The van der Waals surface area contributed by atoms with Gasteiger partial charge >= 0.3 is 0 Å². The van der Waals surface area contributed by atoms with E-state index in [1.54, 1.807) is 12.5 Å². The second kappa shape index (κ2) is 8.33. The molecule has 0 aliphatic heterocycles. The monoisotopic (exact) mass is 375 g/mol. The summed E-state index contributed by atoms with van der Waals surface area (Å²) in [7, 11) is 0. The fraction of sp³-hybridized carbons (Fsp3) is 0.364. The van der Waals surface area contributed by atoms with Crippen LogP contribution in [0.5, 0.6) is 0 Å². The van der Waals surface area contributed by atoms with E-state index in [2.05, 4.69) is 26.8 Å². The summed E-state index contributed by atoms with van der Waals surface area (Å²) in [6.45, 7) is 4.14. The third kappa shape index (κ3) is 4.44. The topological polar surface area (TPSA) is 63.9 Å². The summed E-state index contributed by atoms with van der Waals surface area (Å²) in [5.74, 6) is 1.64. The van der Waals surface area contributed by atoms with Crippen molar-refractivity contribution in [2.75, 3.05) is 18.0 Å². The van der Waals surface area contributed by atoms with Gasteiger partial charge in [0.2, 0.25) is 0 Å². The van der Waals surface area contributed by atoms with Crippen LogP contribution in [-0.2, 0) is 6.42 Å². The van der Waals surface area contributed by atoms with Gasteiger partial charge in [-0.15, -0.1) is 0 Å². The predicted molar refractivity (Wildman–Crippen MR) is 109 cm³/mol. The van der Waals surface area contributed by atoms with Crippen LogP contribution in [0.15, 0.2) is 55.4 Å². The lowest BCUT2D eigenvalue weighted by Gasteiger charge is -2.23. The Labute approximate surface area is 165 Å². The Morgan fingerprint density at radius 3 is 2.89 bits per heavy atom. The minimum Gasteiger partial charge on any atom is -0.356 e. The van der Waals surface area contributed by atoms with Crippen molar-refractivity contribution in [1.29, 1.82) is 0 Å². The average molecular weight is 375 g/mol. The van der Waals surface area contributed by atoms with Crippen molar-refractivity contribution in [2.45, 2.75) is 32.6 Å². The van der Waals surface area contributed by atoms with Gasteiger partial charge in [0.1, 0.15) is 17.8 Å². The number of hydrogen-bond donors (Lipinski definition) is 0. The Balaban J connectivity index is 1.50. The number of benzene rings is 1. The van der Waals surface area contributed by atoms with E-state index in [4.69, 9.17) is 0 Å². The van der Waals surface area contributed by atoms with Gasteiger partial charge in [0.05, 0.1) is 6.33 Å². The standard InChI is InChI=1S/C22H25N5O/c1-2-9-26(14-17-6-7-17)22-13-20(24-15-25-22)21(28)12-18-4-3-5-19(11-18)27-10-8-23-16-27/h3-5,8,10-11,13,15-17H,2,6-7,9,12,14H2,1H3. The van der Waals surface area contributed by atoms with Crippen molar-refractivity contribution in [3.05, 3.63) is 66.6 Å². The number of hydrogen-bond acceptors (Lipinski definition) is 5. The lowest BCUT2D eigenvalue weighted by molar-refractivity contribution is 0.0988. The maximum Gasteiger partial charge on any atom is 0.185 e. The van der Waals surface area contributed by atoms with Crippen LogP contribution in [-0.4, -0.2) is 38.4 Å². The van der Waals surface area contributed by atoms with Crippen molar-refractivity contribution in [3.63, 3.8) is 0 Å². The number of aromatic nitrogens is 4. The number of carbonyl (C=O) groups is 1. The minimum absolute atomic E-state index is 0.00861. The van der Waals surface area contributed by atoms with Gasteiger partial charge in [0.15, 0.2) is 5.78 Å². The molecule has 0 N–H and O–H groups in total. The van der Waals surface area contributed by atoms with Crippen LogP contribution in [0.4, 0.5) is 5.82 Å². The number of carbonyl (C=O) groups excluding carboxylic acids is 1. The highest BCUT2D eigenvalue weighted by atomic mass is 16.1. The van der Waals surface area contributed by atoms with Crippen molar-refractivity contribution >= 4 is 11.6 Å². The van der Waals surface area contributed by atoms with Crippen LogP contribution in [0, 0.1) is 5.92 Å². The van der Waals surface area contributed by atoms with Crippen LogP contribution in [0.2, 0.25) is 0 Å². The molecule has 4 rings (SSSR count). The van der Waals surface area contributed by atoms with Gasteiger partial charge in [-0.25, -0.2) is 15.0 Å².